The second-order valence-corrected chi connectivity index (χ2v) is 5.57. The molecule has 0 spiro atoms. The predicted octanol–water partition coefficient (Wildman–Crippen LogP) is 2.21. The van der Waals surface area contributed by atoms with E-state index in [2.05, 4.69) is 21.2 Å². The molecule has 4 N–H and O–H groups in total. The number of nitrogens with one attached hydrogen (secondary N) is 1. The largest absolute Gasteiger partial charge is 0.481 e. The minimum absolute atomic E-state index is 0.0634. The highest BCUT2D eigenvalue weighted by Crippen LogP contribution is 2.31. The van der Waals surface area contributed by atoms with Crippen LogP contribution in [-0.4, -0.2) is 23.0 Å². The molecule has 2 rings (SSSR count). The SMILES string of the molecule is NC(=O)c1c(Br)cccc1N[C@H]1CC[C@@H](C(=O)O)C1. The summed E-state index contributed by atoms with van der Waals surface area (Å²) in [6.07, 6.45) is 2.01. The molecule has 0 aromatic heterocycles. The van der Waals surface area contributed by atoms with Crippen LogP contribution in [0.25, 0.3) is 0 Å². The molecule has 1 saturated carbocycles. The van der Waals surface area contributed by atoms with Gasteiger partial charge in [0.2, 0.25) is 0 Å². The van der Waals surface area contributed by atoms with Crippen LogP contribution in [0.3, 0.4) is 0 Å². The number of halogens is 1. The molecule has 0 unspecified atom stereocenters. The van der Waals surface area contributed by atoms with Crippen LogP contribution in [0.5, 0.6) is 0 Å². The standard InChI is InChI=1S/C13H15BrN2O3/c14-9-2-1-3-10(11(9)12(15)17)16-8-5-4-7(6-8)13(18)19/h1-3,7-8,16H,4-6H2,(H2,15,17)(H,18,19)/t7-,8+/m1/s1. The Kier molecular flexibility index (Phi) is 4.09. The second kappa shape index (κ2) is 5.61. The highest BCUT2D eigenvalue weighted by atomic mass is 79.9. The number of hydrogen-bond donors (Lipinski definition) is 3. The summed E-state index contributed by atoms with van der Waals surface area (Å²) < 4.78 is 0.637. The molecule has 0 heterocycles. The van der Waals surface area contributed by atoms with E-state index in [-0.39, 0.29) is 12.0 Å². The van der Waals surface area contributed by atoms with E-state index in [9.17, 15) is 9.59 Å². The molecule has 102 valence electrons. The Morgan fingerprint density at radius 2 is 2.11 bits per heavy atom. The van der Waals surface area contributed by atoms with Crippen LogP contribution >= 0.6 is 15.9 Å². The Morgan fingerprint density at radius 3 is 2.68 bits per heavy atom. The molecular weight excluding hydrogens is 312 g/mol. The molecular formula is C13H15BrN2O3. The number of hydrogen-bond acceptors (Lipinski definition) is 3. The van der Waals surface area contributed by atoms with Gasteiger partial charge in [0.1, 0.15) is 0 Å². The first-order valence-electron chi connectivity index (χ1n) is 6.06. The molecule has 1 aromatic carbocycles. The Labute approximate surface area is 119 Å². The third kappa shape index (κ3) is 3.07. The van der Waals surface area contributed by atoms with Crippen molar-refractivity contribution in [2.45, 2.75) is 25.3 Å². The monoisotopic (exact) mass is 326 g/mol. The van der Waals surface area contributed by atoms with Gasteiger partial charge in [-0.3, -0.25) is 9.59 Å². The Bertz CT molecular complexity index is 519. The van der Waals surface area contributed by atoms with Gasteiger partial charge >= 0.3 is 5.97 Å². The van der Waals surface area contributed by atoms with Crippen molar-refractivity contribution in [2.24, 2.45) is 11.7 Å². The minimum Gasteiger partial charge on any atom is -0.481 e. The van der Waals surface area contributed by atoms with Gasteiger partial charge < -0.3 is 16.2 Å². The van der Waals surface area contributed by atoms with Gasteiger partial charge in [0.25, 0.3) is 5.91 Å². The van der Waals surface area contributed by atoms with Crippen molar-refractivity contribution in [2.75, 3.05) is 5.32 Å². The summed E-state index contributed by atoms with van der Waals surface area (Å²) in [7, 11) is 0. The summed E-state index contributed by atoms with van der Waals surface area (Å²) in [5.74, 6) is -1.57. The number of amides is 1. The van der Waals surface area contributed by atoms with Gasteiger partial charge in [-0.15, -0.1) is 0 Å². The molecule has 2 atom stereocenters. The highest BCUT2D eigenvalue weighted by molar-refractivity contribution is 9.10. The molecule has 19 heavy (non-hydrogen) atoms. The number of carbonyl (C=O) groups is 2. The predicted molar refractivity (Wildman–Crippen MR) is 75.0 cm³/mol. The first-order valence-corrected chi connectivity index (χ1v) is 6.86. The third-order valence-electron chi connectivity index (χ3n) is 3.40. The van der Waals surface area contributed by atoms with Crippen molar-refractivity contribution in [1.82, 2.24) is 0 Å². The van der Waals surface area contributed by atoms with Crippen molar-refractivity contribution in [3.8, 4) is 0 Å². The Hall–Kier alpha value is -1.56. The van der Waals surface area contributed by atoms with Gasteiger partial charge in [-0.25, -0.2) is 0 Å². The summed E-state index contributed by atoms with van der Waals surface area (Å²) in [6.45, 7) is 0. The fourth-order valence-electron chi connectivity index (χ4n) is 2.45. The lowest BCUT2D eigenvalue weighted by atomic mass is 10.1. The molecule has 0 aliphatic heterocycles. The summed E-state index contributed by atoms with van der Waals surface area (Å²) in [5, 5.41) is 12.2. The van der Waals surface area contributed by atoms with E-state index >= 15 is 0 Å². The maximum absolute atomic E-state index is 11.4. The summed E-state index contributed by atoms with van der Waals surface area (Å²) >= 11 is 3.30. The molecule has 1 aliphatic rings. The average molecular weight is 327 g/mol. The van der Waals surface area contributed by atoms with Gasteiger partial charge in [-0.1, -0.05) is 6.07 Å². The van der Waals surface area contributed by atoms with Crippen LogP contribution in [0.1, 0.15) is 29.6 Å². The van der Waals surface area contributed by atoms with Gasteiger partial charge in [0.15, 0.2) is 0 Å². The van der Waals surface area contributed by atoms with E-state index < -0.39 is 11.9 Å². The molecule has 1 aliphatic carbocycles. The topological polar surface area (TPSA) is 92.4 Å². The average Bonchev–Trinajstić information content (AvgIpc) is 2.77. The van der Waals surface area contributed by atoms with Crippen molar-refractivity contribution in [1.29, 1.82) is 0 Å². The lowest BCUT2D eigenvalue weighted by molar-refractivity contribution is -0.141. The molecule has 5 nitrogen and oxygen atoms in total. The molecule has 6 heteroatoms. The van der Waals surface area contributed by atoms with Gasteiger partial charge in [-0.2, -0.15) is 0 Å². The van der Waals surface area contributed by atoms with E-state index in [0.29, 0.717) is 28.6 Å². The van der Waals surface area contributed by atoms with Crippen LogP contribution in [-0.2, 0) is 4.79 Å². The fourth-order valence-corrected chi connectivity index (χ4v) is 3.01. The normalized spacial score (nSPS) is 22.2. The molecule has 0 saturated heterocycles. The maximum atomic E-state index is 11.4. The smallest absolute Gasteiger partial charge is 0.306 e. The number of primary amides is 1. The van der Waals surface area contributed by atoms with Crippen molar-refractivity contribution in [3.63, 3.8) is 0 Å². The summed E-state index contributed by atoms with van der Waals surface area (Å²) in [6, 6.07) is 5.40. The number of rotatable bonds is 4. The van der Waals surface area contributed by atoms with E-state index in [1.807, 2.05) is 6.07 Å². The zero-order valence-electron chi connectivity index (χ0n) is 10.2. The van der Waals surface area contributed by atoms with Crippen molar-refractivity contribution >= 4 is 33.5 Å². The second-order valence-electron chi connectivity index (χ2n) is 4.72. The van der Waals surface area contributed by atoms with Crippen LogP contribution in [0.15, 0.2) is 22.7 Å². The number of benzene rings is 1. The van der Waals surface area contributed by atoms with Crippen LogP contribution < -0.4 is 11.1 Å². The van der Waals surface area contributed by atoms with E-state index in [4.69, 9.17) is 10.8 Å². The summed E-state index contributed by atoms with van der Waals surface area (Å²) in [4.78, 5) is 22.4. The first kappa shape index (κ1) is 13.9. The third-order valence-corrected chi connectivity index (χ3v) is 4.06. The maximum Gasteiger partial charge on any atom is 0.306 e. The lowest BCUT2D eigenvalue weighted by Crippen LogP contribution is -2.21. The number of aliphatic carboxylic acids is 1. The Balaban J connectivity index is 2.14. The quantitative estimate of drug-likeness (QED) is 0.790. The molecule has 1 aromatic rings. The first-order chi connectivity index (χ1) is 8.99. The van der Waals surface area contributed by atoms with Crippen molar-refractivity contribution in [3.05, 3.63) is 28.2 Å². The number of carboxylic acids is 1. The lowest BCUT2D eigenvalue weighted by Gasteiger charge is -2.17. The molecule has 0 bridgehead atoms. The van der Waals surface area contributed by atoms with Crippen LogP contribution in [0.4, 0.5) is 5.69 Å². The van der Waals surface area contributed by atoms with Gasteiger partial charge in [0.05, 0.1) is 11.5 Å². The van der Waals surface area contributed by atoms with Gasteiger partial charge in [0, 0.05) is 16.2 Å². The number of anilines is 1. The van der Waals surface area contributed by atoms with E-state index in [1.54, 1.807) is 12.1 Å². The van der Waals surface area contributed by atoms with E-state index in [1.165, 1.54) is 0 Å². The summed E-state index contributed by atoms with van der Waals surface area (Å²) in [5.41, 5.74) is 6.42. The highest BCUT2D eigenvalue weighted by Gasteiger charge is 2.30. The van der Waals surface area contributed by atoms with Gasteiger partial charge in [-0.05, 0) is 47.3 Å². The van der Waals surface area contributed by atoms with E-state index in [0.717, 1.165) is 6.42 Å². The van der Waals surface area contributed by atoms with Crippen LogP contribution in [0.2, 0.25) is 0 Å². The minimum atomic E-state index is -0.756. The zero-order valence-corrected chi connectivity index (χ0v) is 11.8. The molecule has 1 fully saturated rings. The number of carbonyl (C=O) groups excluding carboxylic acids is 1. The van der Waals surface area contributed by atoms with Crippen molar-refractivity contribution < 1.29 is 14.7 Å². The Morgan fingerprint density at radius 1 is 1.37 bits per heavy atom. The number of carboxylic acid groups (broad SMARTS) is 1. The van der Waals surface area contributed by atoms with Crippen LogP contribution in [0, 0.1) is 5.92 Å². The molecule has 1 amide bonds. The zero-order chi connectivity index (χ0) is 14.0. The molecule has 0 radical (unpaired) electrons. The fraction of sp³-hybridized carbons (Fsp3) is 0.385. The number of nitrogens with two attached hydrogens (primary N) is 1.